The van der Waals surface area contributed by atoms with Crippen LogP contribution < -0.4 is 10.5 Å². The molecule has 20 heavy (non-hydrogen) atoms. The van der Waals surface area contributed by atoms with Gasteiger partial charge in [0.15, 0.2) is 0 Å². The van der Waals surface area contributed by atoms with Crippen LogP contribution in [0.5, 0.6) is 0 Å². The standard InChI is InChI=1S/C12H17N3O4S/c1-8(6-9-2-3-9)14-20(18,19)10-4-5-12(15(16)17)11(13)7-10/h4-5,7-9,14H,2-3,6,13H2,1H3. The Balaban J connectivity index is 2.16. The minimum atomic E-state index is -3.69. The van der Waals surface area contributed by atoms with Crippen LogP contribution in [0, 0.1) is 16.0 Å². The van der Waals surface area contributed by atoms with Crippen LogP contribution in [0.4, 0.5) is 11.4 Å². The molecular formula is C12H17N3O4S. The van der Waals surface area contributed by atoms with E-state index >= 15 is 0 Å². The van der Waals surface area contributed by atoms with Gasteiger partial charge in [-0.15, -0.1) is 0 Å². The average Bonchev–Trinajstić information content (AvgIpc) is 3.11. The van der Waals surface area contributed by atoms with Crippen molar-refractivity contribution in [3.05, 3.63) is 28.3 Å². The molecule has 0 spiro atoms. The summed E-state index contributed by atoms with van der Waals surface area (Å²) in [5, 5.41) is 10.6. The molecule has 0 saturated heterocycles. The van der Waals surface area contributed by atoms with Crippen molar-refractivity contribution >= 4 is 21.4 Å². The zero-order chi connectivity index (χ0) is 14.9. The molecule has 0 bridgehead atoms. The van der Waals surface area contributed by atoms with Gasteiger partial charge in [0, 0.05) is 12.1 Å². The van der Waals surface area contributed by atoms with E-state index in [1.54, 1.807) is 0 Å². The van der Waals surface area contributed by atoms with Gasteiger partial charge in [-0.05, 0) is 31.4 Å². The fourth-order valence-corrected chi connectivity index (χ4v) is 3.39. The third kappa shape index (κ3) is 3.45. The summed E-state index contributed by atoms with van der Waals surface area (Å²) in [4.78, 5) is 9.95. The molecule has 1 unspecified atom stereocenters. The fourth-order valence-electron chi connectivity index (χ4n) is 2.10. The summed E-state index contributed by atoms with van der Waals surface area (Å²) in [6, 6.07) is 3.25. The Kier molecular flexibility index (Phi) is 3.96. The normalized spacial score (nSPS) is 16.9. The number of sulfonamides is 1. The van der Waals surface area contributed by atoms with Crippen molar-refractivity contribution in [2.24, 2.45) is 5.92 Å². The summed E-state index contributed by atoms with van der Waals surface area (Å²) < 4.78 is 26.8. The molecule has 3 N–H and O–H groups in total. The molecule has 0 amide bonds. The molecule has 8 heteroatoms. The van der Waals surface area contributed by atoms with Crippen molar-refractivity contribution in [2.45, 2.75) is 37.1 Å². The smallest absolute Gasteiger partial charge is 0.292 e. The highest BCUT2D eigenvalue weighted by molar-refractivity contribution is 7.89. The molecule has 1 aromatic rings. The highest BCUT2D eigenvalue weighted by atomic mass is 32.2. The number of anilines is 1. The molecule has 1 aliphatic rings. The number of nitrogens with one attached hydrogen (secondary N) is 1. The number of hydrogen-bond acceptors (Lipinski definition) is 5. The Hall–Kier alpha value is -1.67. The third-order valence-corrected chi connectivity index (χ3v) is 4.83. The van der Waals surface area contributed by atoms with Gasteiger partial charge in [0.1, 0.15) is 5.69 Å². The van der Waals surface area contributed by atoms with Gasteiger partial charge in [-0.3, -0.25) is 10.1 Å². The van der Waals surface area contributed by atoms with Crippen LogP contribution in [0.3, 0.4) is 0 Å². The number of rotatable bonds is 6. The van der Waals surface area contributed by atoms with Crippen molar-refractivity contribution in [2.75, 3.05) is 5.73 Å². The molecule has 0 aromatic heterocycles. The van der Waals surface area contributed by atoms with Crippen LogP contribution in [-0.4, -0.2) is 19.4 Å². The molecule has 1 fully saturated rings. The summed E-state index contributed by atoms with van der Waals surface area (Å²) in [6.07, 6.45) is 3.11. The first-order chi connectivity index (χ1) is 9.29. The molecule has 2 rings (SSSR count). The van der Waals surface area contributed by atoms with E-state index < -0.39 is 14.9 Å². The highest BCUT2D eigenvalue weighted by Gasteiger charge is 2.26. The van der Waals surface area contributed by atoms with Gasteiger partial charge in [-0.2, -0.15) is 0 Å². The zero-order valence-electron chi connectivity index (χ0n) is 11.1. The maximum Gasteiger partial charge on any atom is 0.292 e. The van der Waals surface area contributed by atoms with Gasteiger partial charge in [-0.25, -0.2) is 13.1 Å². The first-order valence-corrected chi connectivity index (χ1v) is 7.84. The number of nitrogens with zero attached hydrogens (tertiary/aromatic N) is 1. The van der Waals surface area contributed by atoms with E-state index in [0.29, 0.717) is 5.92 Å². The van der Waals surface area contributed by atoms with Crippen LogP contribution in [-0.2, 0) is 10.0 Å². The van der Waals surface area contributed by atoms with Gasteiger partial charge in [0.05, 0.1) is 9.82 Å². The average molecular weight is 299 g/mol. The number of hydrogen-bond donors (Lipinski definition) is 2. The summed E-state index contributed by atoms with van der Waals surface area (Å²) in [5.41, 5.74) is 5.05. The van der Waals surface area contributed by atoms with Gasteiger partial charge in [-0.1, -0.05) is 12.8 Å². The third-order valence-electron chi connectivity index (χ3n) is 3.25. The number of nitrogen functional groups attached to an aromatic ring is 1. The van der Waals surface area contributed by atoms with E-state index in [-0.39, 0.29) is 22.3 Å². The Morgan fingerprint density at radius 2 is 2.15 bits per heavy atom. The van der Waals surface area contributed by atoms with E-state index in [9.17, 15) is 18.5 Å². The lowest BCUT2D eigenvalue weighted by Crippen LogP contribution is -2.33. The largest absolute Gasteiger partial charge is 0.393 e. The van der Waals surface area contributed by atoms with E-state index in [1.165, 1.54) is 6.07 Å². The van der Waals surface area contributed by atoms with Crippen molar-refractivity contribution in [1.82, 2.24) is 4.72 Å². The Morgan fingerprint density at radius 1 is 1.50 bits per heavy atom. The second-order valence-corrected chi connectivity index (χ2v) is 6.89. The van der Waals surface area contributed by atoms with E-state index in [1.807, 2.05) is 6.92 Å². The molecule has 0 radical (unpaired) electrons. The Morgan fingerprint density at radius 3 is 2.65 bits per heavy atom. The lowest BCUT2D eigenvalue weighted by molar-refractivity contribution is -0.383. The number of nitro groups is 1. The first kappa shape index (κ1) is 14.7. The molecule has 1 saturated carbocycles. The molecule has 1 aliphatic carbocycles. The van der Waals surface area contributed by atoms with Gasteiger partial charge < -0.3 is 5.73 Å². The molecule has 0 aliphatic heterocycles. The maximum atomic E-state index is 12.1. The SMILES string of the molecule is CC(CC1CC1)NS(=O)(=O)c1ccc([N+](=O)[O-])c(N)c1. The predicted octanol–water partition coefficient (Wildman–Crippen LogP) is 1.64. The second kappa shape index (κ2) is 5.37. The predicted molar refractivity (Wildman–Crippen MR) is 74.6 cm³/mol. The van der Waals surface area contributed by atoms with E-state index in [4.69, 9.17) is 5.73 Å². The number of nitrogens with two attached hydrogens (primary N) is 1. The van der Waals surface area contributed by atoms with Gasteiger partial charge in [0.2, 0.25) is 10.0 Å². The zero-order valence-corrected chi connectivity index (χ0v) is 11.9. The first-order valence-electron chi connectivity index (χ1n) is 6.36. The van der Waals surface area contributed by atoms with Crippen LogP contribution >= 0.6 is 0 Å². The molecule has 110 valence electrons. The lowest BCUT2D eigenvalue weighted by Gasteiger charge is -2.14. The van der Waals surface area contributed by atoms with Crippen LogP contribution in [0.2, 0.25) is 0 Å². The maximum absolute atomic E-state index is 12.1. The molecule has 0 heterocycles. The fraction of sp³-hybridized carbons (Fsp3) is 0.500. The summed E-state index contributed by atoms with van der Waals surface area (Å²) >= 11 is 0. The molecule has 7 nitrogen and oxygen atoms in total. The summed E-state index contributed by atoms with van der Waals surface area (Å²) in [5.74, 6) is 0.606. The summed E-state index contributed by atoms with van der Waals surface area (Å²) in [6.45, 7) is 1.81. The number of benzene rings is 1. The minimum Gasteiger partial charge on any atom is -0.393 e. The van der Waals surface area contributed by atoms with Crippen LogP contribution in [0.1, 0.15) is 26.2 Å². The Bertz CT molecular complexity index is 626. The molecule has 1 atom stereocenters. The molecular weight excluding hydrogens is 282 g/mol. The van der Waals surface area contributed by atoms with E-state index in [2.05, 4.69) is 4.72 Å². The van der Waals surface area contributed by atoms with Gasteiger partial charge in [0.25, 0.3) is 5.69 Å². The monoisotopic (exact) mass is 299 g/mol. The lowest BCUT2D eigenvalue weighted by atomic mass is 10.2. The Labute approximate surface area is 117 Å². The minimum absolute atomic E-state index is 0.0525. The van der Waals surface area contributed by atoms with Crippen LogP contribution in [0.25, 0.3) is 0 Å². The summed E-state index contributed by atoms with van der Waals surface area (Å²) in [7, 11) is -3.69. The van der Waals surface area contributed by atoms with Crippen LogP contribution in [0.15, 0.2) is 23.1 Å². The second-order valence-electron chi connectivity index (χ2n) is 5.18. The highest BCUT2D eigenvalue weighted by Crippen LogP contribution is 2.33. The quantitative estimate of drug-likeness (QED) is 0.470. The topological polar surface area (TPSA) is 115 Å². The van der Waals surface area contributed by atoms with Crippen molar-refractivity contribution < 1.29 is 13.3 Å². The van der Waals surface area contributed by atoms with Crippen molar-refractivity contribution in [3.8, 4) is 0 Å². The van der Waals surface area contributed by atoms with E-state index in [0.717, 1.165) is 31.4 Å². The van der Waals surface area contributed by atoms with Gasteiger partial charge >= 0.3 is 0 Å². The molecule has 1 aromatic carbocycles. The number of nitro benzene ring substituents is 1. The van der Waals surface area contributed by atoms with Crippen molar-refractivity contribution in [3.63, 3.8) is 0 Å². The van der Waals surface area contributed by atoms with Crippen molar-refractivity contribution in [1.29, 1.82) is 0 Å².